The van der Waals surface area contributed by atoms with Crippen LogP contribution in [0.15, 0.2) is 23.1 Å². The van der Waals surface area contributed by atoms with Crippen LogP contribution < -0.4 is 0 Å². The van der Waals surface area contributed by atoms with Crippen LogP contribution in [0, 0.1) is 0 Å². The summed E-state index contributed by atoms with van der Waals surface area (Å²) in [5, 5.41) is 8.72. The average Bonchev–Trinajstić information content (AvgIpc) is 3.00. The third-order valence-corrected chi connectivity index (χ3v) is 4.99. The van der Waals surface area contributed by atoms with Gasteiger partial charge in [0, 0.05) is 5.02 Å². The number of aromatic carboxylic acids is 1. The molecule has 0 aromatic heterocycles. The number of hydrogen-bond donors (Lipinski definition) is 1. The van der Waals surface area contributed by atoms with Gasteiger partial charge in [-0.05, 0) is 31.0 Å². The van der Waals surface area contributed by atoms with Crippen molar-refractivity contribution in [2.45, 2.75) is 23.0 Å². The average molecular weight is 261 g/mol. The van der Waals surface area contributed by atoms with Crippen LogP contribution in [-0.2, 0) is 9.84 Å². The molecular formula is C10H9ClO4S. The molecule has 1 aromatic carbocycles. The van der Waals surface area contributed by atoms with E-state index in [9.17, 15) is 13.2 Å². The molecule has 0 saturated heterocycles. The number of carbonyl (C=O) groups is 1. The summed E-state index contributed by atoms with van der Waals surface area (Å²) in [5.74, 6) is -1.28. The van der Waals surface area contributed by atoms with Crippen LogP contribution in [0.3, 0.4) is 0 Å². The third-order valence-electron chi connectivity index (χ3n) is 2.44. The van der Waals surface area contributed by atoms with Crippen molar-refractivity contribution in [3.8, 4) is 0 Å². The van der Waals surface area contributed by atoms with Gasteiger partial charge in [0.15, 0.2) is 9.84 Å². The fraction of sp³-hybridized carbons (Fsp3) is 0.300. The second-order valence-corrected chi connectivity index (χ2v) is 6.32. The number of rotatable bonds is 3. The molecule has 0 aliphatic heterocycles. The Morgan fingerprint density at radius 2 is 2.00 bits per heavy atom. The van der Waals surface area contributed by atoms with Gasteiger partial charge in [-0.2, -0.15) is 0 Å². The number of benzene rings is 1. The predicted molar refractivity (Wildman–Crippen MR) is 58.6 cm³/mol. The zero-order valence-corrected chi connectivity index (χ0v) is 9.75. The van der Waals surface area contributed by atoms with E-state index in [4.69, 9.17) is 16.7 Å². The SMILES string of the molecule is O=C(O)c1cc(Cl)ccc1S(=O)(=O)C1CC1. The first-order valence-corrected chi connectivity index (χ1v) is 6.62. The first-order valence-electron chi connectivity index (χ1n) is 4.69. The van der Waals surface area contributed by atoms with E-state index in [1.165, 1.54) is 18.2 Å². The minimum absolute atomic E-state index is 0.132. The number of hydrogen-bond acceptors (Lipinski definition) is 3. The van der Waals surface area contributed by atoms with Gasteiger partial charge in [0.1, 0.15) is 0 Å². The number of carboxylic acids is 1. The zero-order valence-electron chi connectivity index (χ0n) is 8.18. The molecule has 0 spiro atoms. The van der Waals surface area contributed by atoms with Gasteiger partial charge in [-0.15, -0.1) is 0 Å². The van der Waals surface area contributed by atoms with E-state index in [1.54, 1.807) is 0 Å². The Morgan fingerprint density at radius 1 is 1.38 bits per heavy atom. The fourth-order valence-electron chi connectivity index (χ4n) is 1.48. The summed E-state index contributed by atoms with van der Waals surface area (Å²) < 4.78 is 23.8. The molecule has 0 unspecified atom stereocenters. The van der Waals surface area contributed by atoms with Crippen LogP contribution in [0.5, 0.6) is 0 Å². The molecule has 1 saturated carbocycles. The Morgan fingerprint density at radius 3 is 2.50 bits per heavy atom. The first-order chi connectivity index (χ1) is 7.43. The lowest BCUT2D eigenvalue weighted by Crippen LogP contribution is -2.12. The van der Waals surface area contributed by atoms with Crippen molar-refractivity contribution in [1.29, 1.82) is 0 Å². The molecule has 1 aromatic rings. The van der Waals surface area contributed by atoms with Gasteiger partial charge in [0.05, 0.1) is 15.7 Å². The van der Waals surface area contributed by atoms with Crippen LogP contribution in [0.25, 0.3) is 0 Å². The van der Waals surface area contributed by atoms with Crippen molar-refractivity contribution in [2.24, 2.45) is 0 Å². The van der Waals surface area contributed by atoms with Crippen LogP contribution in [0.2, 0.25) is 5.02 Å². The van der Waals surface area contributed by atoms with Crippen molar-refractivity contribution >= 4 is 27.4 Å². The zero-order chi connectivity index (χ0) is 11.9. The molecule has 6 heteroatoms. The maximum atomic E-state index is 11.9. The lowest BCUT2D eigenvalue weighted by Gasteiger charge is -2.06. The van der Waals surface area contributed by atoms with Gasteiger partial charge in [-0.25, -0.2) is 13.2 Å². The summed E-state index contributed by atoms with van der Waals surface area (Å²) in [5.41, 5.74) is -0.251. The van der Waals surface area contributed by atoms with Gasteiger partial charge in [0.25, 0.3) is 0 Å². The van der Waals surface area contributed by atoms with E-state index in [-0.39, 0.29) is 15.5 Å². The molecule has 0 heterocycles. The summed E-state index contributed by atoms with van der Waals surface area (Å²) in [6, 6.07) is 3.82. The Balaban J connectivity index is 2.60. The van der Waals surface area contributed by atoms with Crippen molar-refractivity contribution in [3.05, 3.63) is 28.8 Å². The molecule has 0 amide bonds. The molecule has 0 radical (unpaired) electrons. The van der Waals surface area contributed by atoms with Crippen molar-refractivity contribution in [3.63, 3.8) is 0 Å². The second kappa shape index (κ2) is 3.75. The summed E-state index contributed by atoms with van der Waals surface area (Å²) in [6.07, 6.45) is 1.20. The summed E-state index contributed by atoms with van der Waals surface area (Å²) >= 11 is 5.65. The van der Waals surface area contributed by atoms with Gasteiger partial charge in [0.2, 0.25) is 0 Å². The Labute approximate surface area is 97.8 Å². The van der Waals surface area contributed by atoms with E-state index >= 15 is 0 Å². The molecule has 2 rings (SSSR count). The van der Waals surface area contributed by atoms with E-state index in [0.717, 1.165) is 0 Å². The van der Waals surface area contributed by atoms with Gasteiger partial charge >= 0.3 is 5.97 Å². The molecule has 1 aliphatic rings. The van der Waals surface area contributed by atoms with Crippen LogP contribution >= 0.6 is 11.6 Å². The van der Waals surface area contributed by atoms with Crippen molar-refractivity contribution in [1.82, 2.24) is 0 Å². The van der Waals surface area contributed by atoms with Crippen molar-refractivity contribution < 1.29 is 18.3 Å². The fourth-order valence-corrected chi connectivity index (χ4v) is 3.47. The monoisotopic (exact) mass is 260 g/mol. The number of halogens is 1. The van der Waals surface area contributed by atoms with E-state index in [2.05, 4.69) is 0 Å². The molecule has 86 valence electrons. The predicted octanol–water partition coefficient (Wildman–Crippen LogP) is 1.97. The lowest BCUT2D eigenvalue weighted by molar-refractivity contribution is 0.0692. The molecule has 1 fully saturated rings. The smallest absolute Gasteiger partial charge is 0.337 e. The normalized spacial score (nSPS) is 16.1. The Kier molecular flexibility index (Phi) is 2.67. The van der Waals surface area contributed by atoms with Crippen LogP contribution in [0.1, 0.15) is 23.2 Å². The molecule has 0 bridgehead atoms. The Hall–Kier alpha value is -1.07. The van der Waals surface area contributed by atoms with Gasteiger partial charge in [-0.1, -0.05) is 11.6 Å². The number of sulfone groups is 1. The maximum absolute atomic E-state index is 11.9. The van der Waals surface area contributed by atoms with Crippen LogP contribution in [0.4, 0.5) is 0 Å². The largest absolute Gasteiger partial charge is 0.478 e. The minimum atomic E-state index is -3.50. The molecule has 1 N–H and O–H groups in total. The number of carboxylic acid groups (broad SMARTS) is 1. The van der Waals surface area contributed by atoms with Gasteiger partial charge < -0.3 is 5.11 Å². The Bertz CT molecular complexity index is 546. The quantitative estimate of drug-likeness (QED) is 0.902. The summed E-state index contributed by atoms with van der Waals surface area (Å²) in [7, 11) is -3.50. The highest BCUT2D eigenvalue weighted by Crippen LogP contribution is 2.35. The van der Waals surface area contributed by atoms with E-state index in [1.807, 2.05) is 0 Å². The molecule has 16 heavy (non-hydrogen) atoms. The maximum Gasteiger partial charge on any atom is 0.337 e. The van der Waals surface area contributed by atoms with Gasteiger partial charge in [-0.3, -0.25) is 0 Å². The van der Waals surface area contributed by atoms with Crippen molar-refractivity contribution in [2.75, 3.05) is 0 Å². The van der Waals surface area contributed by atoms with E-state index < -0.39 is 21.1 Å². The molecule has 4 nitrogen and oxygen atoms in total. The summed E-state index contributed by atoms with van der Waals surface area (Å²) in [4.78, 5) is 10.8. The highest BCUT2D eigenvalue weighted by atomic mass is 35.5. The summed E-state index contributed by atoms with van der Waals surface area (Å²) in [6.45, 7) is 0. The lowest BCUT2D eigenvalue weighted by atomic mass is 10.2. The molecule has 0 atom stereocenters. The highest BCUT2D eigenvalue weighted by Gasteiger charge is 2.38. The second-order valence-electron chi connectivity index (χ2n) is 3.69. The first kappa shape index (κ1) is 11.4. The topological polar surface area (TPSA) is 71.4 Å². The molecular weight excluding hydrogens is 252 g/mol. The standard InChI is InChI=1S/C10H9ClO4S/c11-6-1-4-9(8(5-6)10(12)13)16(14,15)7-2-3-7/h1,4-5,7H,2-3H2,(H,12,13). The highest BCUT2D eigenvalue weighted by molar-refractivity contribution is 7.92. The van der Waals surface area contributed by atoms with Crippen LogP contribution in [-0.4, -0.2) is 24.7 Å². The van der Waals surface area contributed by atoms with E-state index in [0.29, 0.717) is 12.8 Å². The minimum Gasteiger partial charge on any atom is -0.478 e. The third kappa shape index (κ3) is 1.92. The molecule has 1 aliphatic carbocycles.